The third kappa shape index (κ3) is 30.6. The van der Waals surface area contributed by atoms with Crippen molar-refractivity contribution in [1.29, 1.82) is 0 Å². The van der Waals surface area contributed by atoms with Gasteiger partial charge in [-0.25, -0.2) is 0 Å². The van der Waals surface area contributed by atoms with Crippen LogP contribution >= 0.6 is 0 Å². The highest BCUT2D eigenvalue weighted by molar-refractivity contribution is 5.80. The van der Waals surface area contributed by atoms with Crippen LogP contribution in [0.15, 0.2) is 36.5 Å². The minimum atomic E-state index is -1.03. The molecule has 2 N–H and O–H groups in total. The van der Waals surface area contributed by atoms with Gasteiger partial charge in [-0.05, 0) is 70.3 Å². The molecule has 0 rings (SSSR count). The van der Waals surface area contributed by atoms with Gasteiger partial charge in [-0.2, -0.15) is 0 Å². The third-order valence-electron chi connectivity index (χ3n) is 7.27. The van der Waals surface area contributed by atoms with Crippen LogP contribution in [0.5, 0.6) is 0 Å². The van der Waals surface area contributed by atoms with Crippen molar-refractivity contribution in [2.45, 2.75) is 168 Å². The number of nitrogens with one attached hydrogen (secondary N) is 1. The number of rotatable bonds is 30. The fourth-order valence-electron chi connectivity index (χ4n) is 4.67. The highest BCUT2D eigenvalue weighted by Crippen LogP contribution is 2.15. The van der Waals surface area contributed by atoms with Gasteiger partial charge in [0.15, 0.2) is 0 Å². The summed E-state index contributed by atoms with van der Waals surface area (Å²) < 4.78 is 5.85. The summed E-state index contributed by atoms with van der Waals surface area (Å²) in [5.74, 6) is -1.35. The molecule has 0 saturated carbocycles. The molecule has 0 aromatic carbocycles. The monoisotopic (exact) mass is 589 g/mol. The maximum absolute atomic E-state index is 12.5. The number of hydrogen-bond donors (Lipinski definition) is 2. The van der Waals surface area contributed by atoms with Gasteiger partial charge in [-0.1, -0.05) is 115 Å². The number of allylic oxidation sites excluding steroid dienone is 5. The van der Waals surface area contributed by atoms with Gasteiger partial charge in [-0.15, -0.1) is 0 Å². The van der Waals surface area contributed by atoms with Crippen molar-refractivity contribution in [1.82, 2.24) is 5.32 Å². The molecule has 0 aliphatic rings. The smallest absolute Gasteiger partial charge is 0.322 e. The number of amides is 1. The van der Waals surface area contributed by atoms with E-state index in [0.29, 0.717) is 12.8 Å². The lowest BCUT2D eigenvalue weighted by atomic mass is 10.1. The number of esters is 1. The molecule has 1 unspecified atom stereocenters. The van der Waals surface area contributed by atoms with E-state index in [4.69, 9.17) is 9.84 Å². The van der Waals surface area contributed by atoms with Crippen LogP contribution in [-0.4, -0.2) is 35.6 Å². The highest BCUT2D eigenvalue weighted by Gasteiger charge is 2.12. The molecular weight excluding hydrogens is 526 g/mol. The van der Waals surface area contributed by atoms with E-state index in [9.17, 15) is 14.4 Å². The molecule has 0 aliphatic heterocycles. The van der Waals surface area contributed by atoms with Gasteiger partial charge in [0.2, 0.25) is 5.91 Å². The van der Waals surface area contributed by atoms with Gasteiger partial charge in [0.05, 0.1) is 0 Å². The molecular formula is C36H63NO5. The molecule has 1 amide bonds. The zero-order valence-corrected chi connectivity index (χ0v) is 27.1. The second-order valence-electron chi connectivity index (χ2n) is 11.4. The average molecular weight is 590 g/mol. The van der Waals surface area contributed by atoms with Crippen molar-refractivity contribution < 1.29 is 24.2 Å². The van der Waals surface area contributed by atoms with Crippen LogP contribution in [0.3, 0.4) is 0 Å². The Hall–Kier alpha value is -2.37. The molecule has 6 nitrogen and oxygen atoms in total. The number of ether oxygens (including phenoxy) is 1. The zero-order chi connectivity index (χ0) is 30.9. The second kappa shape index (κ2) is 31.6. The van der Waals surface area contributed by atoms with Gasteiger partial charge in [0.1, 0.15) is 12.6 Å². The maximum Gasteiger partial charge on any atom is 0.322 e. The fraction of sp³-hybridized carbons (Fsp3) is 0.750. The molecule has 0 fully saturated rings. The van der Waals surface area contributed by atoms with Gasteiger partial charge < -0.3 is 15.2 Å². The van der Waals surface area contributed by atoms with E-state index in [1.807, 2.05) is 0 Å². The molecule has 0 radical (unpaired) electrons. The molecule has 0 bridgehead atoms. The van der Waals surface area contributed by atoms with Gasteiger partial charge >= 0.3 is 11.9 Å². The minimum Gasteiger partial charge on any atom is -0.480 e. The van der Waals surface area contributed by atoms with E-state index in [1.54, 1.807) is 0 Å². The van der Waals surface area contributed by atoms with Gasteiger partial charge in [-0.3, -0.25) is 14.4 Å². The first-order chi connectivity index (χ1) is 20.5. The van der Waals surface area contributed by atoms with E-state index in [2.05, 4.69) is 55.6 Å². The average Bonchev–Trinajstić information content (AvgIpc) is 2.97. The summed E-state index contributed by atoms with van der Waals surface area (Å²) in [6.07, 6.45) is 37.0. The Balaban J connectivity index is 4.17. The van der Waals surface area contributed by atoms with Gasteiger partial charge in [0.25, 0.3) is 0 Å². The summed E-state index contributed by atoms with van der Waals surface area (Å²) in [5.41, 5.74) is 0. The fourth-order valence-corrected chi connectivity index (χ4v) is 4.67. The van der Waals surface area contributed by atoms with Crippen LogP contribution in [0.1, 0.15) is 162 Å². The Labute approximate surface area is 257 Å². The standard InChI is InChI=1S/C36H63NO5/c1-3-5-7-9-11-12-13-14-15-16-17-19-21-27-31-36(41)42-33(28-24-20-18-10-8-6-4-2)29-25-22-23-26-30-34(38)37-32-35(39)40/h9,11,13-14,24,28,33H,3-8,10,12,15-23,25-27,29-32H2,1-2H3,(H,37,38)(H,39,40)/b11-9-,14-13-,28-24-. The first kappa shape index (κ1) is 39.6. The van der Waals surface area contributed by atoms with E-state index in [1.165, 1.54) is 64.2 Å². The molecule has 0 aromatic rings. The van der Waals surface area contributed by atoms with Crippen molar-refractivity contribution in [3.63, 3.8) is 0 Å². The molecule has 0 spiro atoms. The quantitative estimate of drug-likeness (QED) is 0.0494. The van der Waals surface area contributed by atoms with Crippen LogP contribution in [0.25, 0.3) is 0 Å². The van der Waals surface area contributed by atoms with Crippen LogP contribution < -0.4 is 5.32 Å². The Bertz CT molecular complexity index is 743. The summed E-state index contributed by atoms with van der Waals surface area (Å²) in [7, 11) is 0. The van der Waals surface area contributed by atoms with Crippen molar-refractivity contribution >= 4 is 17.8 Å². The summed E-state index contributed by atoms with van der Waals surface area (Å²) in [5, 5.41) is 11.0. The number of carboxylic acids is 1. The lowest BCUT2D eigenvalue weighted by Crippen LogP contribution is -2.28. The van der Waals surface area contributed by atoms with Crippen molar-refractivity contribution in [2.75, 3.05) is 6.54 Å². The Kier molecular flexibility index (Phi) is 29.8. The molecule has 6 heteroatoms. The molecule has 0 aromatic heterocycles. The lowest BCUT2D eigenvalue weighted by molar-refractivity contribution is -0.147. The van der Waals surface area contributed by atoms with E-state index >= 15 is 0 Å². The summed E-state index contributed by atoms with van der Waals surface area (Å²) in [6, 6.07) is 0. The largest absolute Gasteiger partial charge is 0.480 e. The number of carbonyl (C=O) groups excluding carboxylic acids is 2. The summed E-state index contributed by atoms with van der Waals surface area (Å²) in [4.78, 5) is 34.7. The van der Waals surface area contributed by atoms with Crippen molar-refractivity contribution in [3.8, 4) is 0 Å². The van der Waals surface area contributed by atoms with Crippen LogP contribution in [0.4, 0.5) is 0 Å². The first-order valence-electron chi connectivity index (χ1n) is 17.1. The number of hydrogen-bond acceptors (Lipinski definition) is 4. The number of carbonyl (C=O) groups is 3. The second-order valence-corrected chi connectivity index (χ2v) is 11.4. The van der Waals surface area contributed by atoms with Crippen LogP contribution in [0, 0.1) is 0 Å². The normalized spacial score (nSPS) is 12.4. The molecule has 242 valence electrons. The highest BCUT2D eigenvalue weighted by atomic mass is 16.5. The summed E-state index contributed by atoms with van der Waals surface area (Å²) in [6.45, 7) is 4.12. The molecule has 42 heavy (non-hydrogen) atoms. The molecule has 0 saturated heterocycles. The van der Waals surface area contributed by atoms with Crippen LogP contribution in [-0.2, 0) is 19.1 Å². The van der Waals surface area contributed by atoms with Gasteiger partial charge in [0, 0.05) is 12.8 Å². The topological polar surface area (TPSA) is 92.7 Å². The molecule has 0 aliphatic carbocycles. The minimum absolute atomic E-state index is 0.0994. The Morgan fingerprint density at radius 1 is 0.643 bits per heavy atom. The Morgan fingerprint density at radius 2 is 1.19 bits per heavy atom. The SMILES string of the molecule is CCCC/C=C\C/C=C\CCCCCCCC(=O)OC(/C=C\CCCCCCC)CCCCCCC(=O)NCC(=O)O. The zero-order valence-electron chi connectivity index (χ0n) is 27.1. The third-order valence-corrected chi connectivity index (χ3v) is 7.27. The number of aliphatic carboxylic acids is 1. The lowest BCUT2D eigenvalue weighted by Gasteiger charge is -2.15. The first-order valence-corrected chi connectivity index (χ1v) is 17.1. The summed E-state index contributed by atoms with van der Waals surface area (Å²) >= 11 is 0. The van der Waals surface area contributed by atoms with Crippen molar-refractivity contribution in [3.05, 3.63) is 36.5 Å². The predicted octanol–water partition coefficient (Wildman–Crippen LogP) is 9.78. The van der Waals surface area contributed by atoms with Crippen molar-refractivity contribution in [2.24, 2.45) is 0 Å². The Morgan fingerprint density at radius 3 is 1.86 bits per heavy atom. The molecule has 1 atom stereocenters. The number of carboxylic acid groups (broad SMARTS) is 1. The maximum atomic E-state index is 12.5. The number of unbranched alkanes of at least 4 members (excludes halogenated alkanes) is 15. The van der Waals surface area contributed by atoms with Crippen LogP contribution in [0.2, 0.25) is 0 Å². The van der Waals surface area contributed by atoms with E-state index < -0.39 is 5.97 Å². The predicted molar refractivity (Wildman–Crippen MR) is 175 cm³/mol. The van der Waals surface area contributed by atoms with E-state index in [0.717, 1.165) is 70.6 Å². The van der Waals surface area contributed by atoms with E-state index in [-0.39, 0.29) is 24.5 Å². The molecule has 0 heterocycles.